The maximum atomic E-state index is 12.1. The molecule has 0 aliphatic carbocycles. The van der Waals surface area contributed by atoms with Crippen LogP contribution in [0.15, 0.2) is 9.52 Å². The quantitative estimate of drug-likeness (QED) is 0.550. The number of rotatable bonds is 7. The lowest BCUT2D eigenvalue weighted by atomic mass is 10.2. The molecular formula is C17H30N6O3. The molecule has 0 saturated carbocycles. The van der Waals surface area contributed by atoms with Gasteiger partial charge in [0.2, 0.25) is 11.8 Å². The molecule has 1 aliphatic rings. The molecule has 2 unspecified atom stereocenters. The fourth-order valence-corrected chi connectivity index (χ4v) is 2.82. The predicted octanol–water partition coefficient (Wildman–Crippen LogP) is 1.09. The van der Waals surface area contributed by atoms with Crippen LogP contribution in [-0.4, -0.2) is 59.7 Å². The SMILES string of the molecule is CCOC(C)c1noc(CNC(=NC)NC2CCN(C(=O)C(C)C)C2)n1. The lowest BCUT2D eigenvalue weighted by molar-refractivity contribution is -0.133. The number of guanidine groups is 1. The number of amides is 1. The molecule has 2 heterocycles. The molecule has 9 heteroatoms. The van der Waals surface area contributed by atoms with Gasteiger partial charge in [-0.25, -0.2) is 0 Å². The number of aliphatic imine (C=N–C) groups is 1. The highest BCUT2D eigenvalue weighted by molar-refractivity contribution is 5.81. The molecule has 1 amide bonds. The monoisotopic (exact) mass is 366 g/mol. The maximum absolute atomic E-state index is 12.1. The molecule has 2 rings (SSSR count). The summed E-state index contributed by atoms with van der Waals surface area (Å²) in [6.45, 7) is 10.1. The minimum Gasteiger partial charge on any atom is -0.371 e. The van der Waals surface area contributed by atoms with E-state index in [1.165, 1.54) is 0 Å². The molecule has 0 aromatic carbocycles. The molecule has 0 radical (unpaired) electrons. The minimum absolute atomic E-state index is 0.0250. The lowest BCUT2D eigenvalue weighted by Crippen LogP contribution is -2.45. The first-order valence-corrected chi connectivity index (χ1v) is 9.14. The molecule has 1 aromatic heterocycles. The number of carbonyl (C=O) groups excluding carboxylic acids is 1. The van der Waals surface area contributed by atoms with E-state index < -0.39 is 0 Å². The Labute approximate surface area is 154 Å². The lowest BCUT2D eigenvalue weighted by Gasteiger charge is -2.20. The van der Waals surface area contributed by atoms with E-state index in [4.69, 9.17) is 9.26 Å². The number of carbonyl (C=O) groups is 1. The normalized spacial score (nSPS) is 19.1. The van der Waals surface area contributed by atoms with Gasteiger partial charge in [-0.05, 0) is 20.3 Å². The van der Waals surface area contributed by atoms with Gasteiger partial charge >= 0.3 is 0 Å². The summed E-state index contributed by atoms with van der Waals surface area (Å²) in [5.74, 6) is 1.87. The van der Waals surface area contributed by atoms with E-state index in [1.54, 1.807) is 7.05 Å². The smallest absolute Gasteiger partial charge is 0.246 e. The van der Waals surface area contributed by atoms with Crippen molar-refractivity contribution in [1.82, 2.24) is 25.7 Å². The largest absolute Gasteiger partial charge is 0.371 e. The molecule has 0 bridgehead atoms. The zero-order valence-corrected chi connectivity index (χ0v) is 16.3. The van der Waals surface area contributed by atoms with Crippen molar-refractivity contribution in [3.8, 4) is 0 Å². The van der Waals surface area contributed by atoms with Crippen LogP contribution in [-0.2, 0) is 16.1 Å². The third-order valence-corrected chi connectivity index (χ3v) is 4.23. The second kappa shape index (κ2) is 9.51. The van der Waals surface area contributed by atoms with Crippen LogP contribution in [0.25, 0.3) is 0 Å². The fourth-order valence-electron chi connectivity index (χ4n) is 2.82. The molecule has 2 N–H and O–H groups in total. The van der Waals surface area contributed by atoms with Crippen molar-refractivity contribution in [1.29, 1.82) is 0 Å². The number of likely N-dealkylation sites (tertiary alicyclic amines) is 1. The van der Waals surface area contributed by atoms with E-state index in [1.807, 2.05) is 32.6 Å². The standard InChI is InChI=1S/C17H30N6O3/c1-6-25-12(4)15-21-14(26-22-15)9-19-17(18-5)20-13-7-8-23(10-13)16(24)11(2)3/h11-13H,6-10H2,1-5H3,(H2,18,19,20). The van der Waals surface area contributed by atoms with Gasteiger partial charge in [0.1, 0.15) is 6.10 Å². The number of hydrogen-bond donors (Lipinski definition) is 2. The second-order valence-electron chi connectivity index (χ2n) is 6.64. The van der Waals surface area contributed by atoms with Crippen molar-refractivity contribution < 1.29 is 14.1 Å². The highest BCUT2D eigenvalue weighted by atomic mass is 16.5. The fraction of sp³-hybridized carbons (Fsp3) is 0.765. The van der Waals surface area contributed by atoms with Crippen molar-refractivity contribution in [3.63, 3.8) is 0 Å². The Hall–Kier alpha value is -2.16. The van der Waals surface area contributed by atoms with E-state index in [-0.39, 0.29) is 24.0 Å². The van der Waals surface area contributed by atoms with Crippen LogP contribution in [0.5, 0.6) is 0 Å². The Morgan fingerprint density at radius 2 is 2.23 bits per heavy atom. The molecule has 1 aliphatic heterocycles. The van der Waals surface area contributed by atoms with E-state index >= 15 is 0 Å². The molecule has 9 nitrogen and oxygen atoms in total. The average molecular weight is 366 g/mol. The van der Waals surface area contributed by atoms with Gasteiger partial charge in [-0.15, -0.1) is 0 Å². The molecular weight excluding hydrogens is 336 g/mol. The van der Waals surface area contributed by atoms with Crippen molar-refractivity contribution >= 4 is 11.9 Å². The molecule has 146 valence electrons. The summed E-state index contributed by atoms with van der Waals surface area (Å²) in [5, 5.41) is 10.4. The van der Waals surface area contributed by atoms with Crippen LogP contribution < -0.4 is 10.6 Å². The summed E-state index contributed by atoms with van der Waals surface area (Å²) in [6.07, 6.45) is 0.702. The summed E-state index contributed by atoms with van der Waals surface area (Å²) in [4.78, 5) is 22.5. The van der Waals surface area contributed by atoms with Crippen molar-refractivity contribution in [2.75, 3.05) is 26.7 Å². The molecule has 0 spiro atoms. The molecule has 1 fully saturated rings. The van der Waals surface area contributed by atoms with Gasteiger partial charge in [0, 0.05) is 38.7 Å². The van der Waals surface area contributed by atoms with E-state index in [2.05, 4.69) is 25.8 Å². The van der Waals surface area contributed by atoms with Gasteiger partial charge in [-0.2, -0.15) is 4.98 Å². The van der Waals surface area contributed by atoms with Crippen LogP contribution in [0.1, 0.15) is 51.9 Å². The van der Waals surface area contributed by atoms with E-state index in [0.717, 1.165) is 13.0 Å². The number of aromatic nitrogens is 2. The first-order chi connectivity index (χ1) is 12.4. The number of nitrogens with one attached hydrogen (secondary N) is 2. The molecule has 1 saturated heterocycles. The molecule has 26 heavy (non-hydrogen) atoms. The first-order valence-electron chi connectivity index (χ1n) is 9.14. The Balaban J connectivity index is 1.81. The average Bonchev–Trinajstić information content (AvgIpc) is 3.27. The zero-order valence-electron chi connectivity index (χ0n) is 16.3. The number of hydrogen-bond acceptors (Lipinski definition) is 6. The molecule has 1 aromatic rings. The van der Waals surface area contributed by atoms with Crippen LogP contribution in [0.2, 0.25) is 0 Å². The summed E-state index contributed by atoms with van der Waals surface area (Å²) in [7, 11) is 1.71. The zero-order chi connectivity index (χ0) is 19.1. The topological polar surface area (TPSA) is 105 Å². The maximum Gasteiger partial charge on any atom is 0.246 e. The van der Waals surface area contributed by atoms with E-state index in [9.17, 15) is 4.79 Å². The highest BCUT2D eigenvalue weighted by Crippen LogP contribution is 2.13. The summed E-state index contributed by atoms with van der Waals surface area (Å²) in [6, 6.07) is 0.181. The molecule has 2 atom stereocenters. The Morgan fingerprint density at radius 3 is 2.88 bits per heavy atom. The minimum atomic E-state index is -0.196. The van der Waals surface area contributed by atoms with Crippen LogP contribution in [0.3, 0.4) is 0 Å². The van der Waals surface area contributed by atoms with Gasteiger partial charge < -0.3 is 24.8 Å². The predicted molar refractivity (Wildman–Crippen MR) is 97.5 cm³/mol. The van der Waals surface area contributed by atoms with Gasteiger partial charge in [0.15, 0.2) is 11.8 Å². The van der Waals surface area contributed by atoms with Gasteiger partial charge in [0.25, 0.3) is 0 Å². The van der Waals surface area contributed by atoms with E-state index in [0.29, 0.717) is 37.4 Å². The Morgan fingerprint density at radius 1 is 1.46 bits per heavy atom. The third-order valence-electron chi connectivity index (χ3n) is 4.23. The van der Waals surface area contributed by atoms with Crippen LogP contribution >= 0.6 is 0 Å². The second-order valence-corrected chi connectivity index (χ2v) is 6.64. The van der Waals surface area contributed by atoms with Crippen LogP contribution in [0.4, 0.5) is 0 Å². The number of ether oxygens (including phenoxy) is 1. The van der Waals surface area contributed by atoms with Crippen molar-refractivity contribution in [2.24, 2.45) is 10.9 Å². The van der Waals surface area contributed by atoms with Crippen molar-refractivity contribution in [2.45, 2.75) is 52.8 Å². The summed E-state index contributed by atoms with van der Waals surface area (Å²) < 4.78 is 10.7. The van der Waals surface area contributed by atoms with Gasteiger partial charge in [0.05, 0.1) is 6.54 Å². The number of nitrogens with zero attached hydrogens (tertiary/aromatic N) is 4. The van der Waals surface area contributed by atoms with Gasteiger partial charge in [-0.3, -0.25) is 9.79 Å². The third kappa shape index (κ3) is 5.42. The highest BCUT2D eigenvalue weighted by Gasteiger charge is 2.28. The Bertz CT molecular complexity index is 615. The summed E-state index contributed by atoms with van der Waals surface area (Å²) >= 11 is 0. The first kappa shape index (κ1) is 20.2. The van der Waals surface area contributed by atoms with Gasteiger partial charge in [-0.1, -0.05) is 19.0 Å². The van der Waals surface area contributed by atoms with Crippen LogP contribution in [0, 0.1) is 5.92 Å². The summed E-state index contributed by atoms with van der Waals surface area (Å²) in [5.41, 5.74) is 0. The Kier molecular flexibility index (Phi) is 7.38. The van der Waals surface area contributed by atoms with Crippen molar-refractivity contribution in [3.05, 3.63) is 11.7 Å².